The first-order valence-electron chi connectivity index (χ1n) is 14.2. The average molecular weight is 490 g/mol. The zero-order valence-corrected chi connectivity index (χ0v) is 22.4. The Hall–Kier alpha value is -0.970. The minimum Gasteiger partial charge on any atom is -0.378 e. The predicted molar refractivity (Wildman–Crippen MR) is 147 cm³/mol. The first-order chi connectivity index (χ1) is 16.3. The summed E-state index contributed by atoms with van der Waals surface area (Å²) >= 11 is 0. The number of hydrogen-bond acceptors (Lipinski definition) is 4. The van der Waals surface area contributed by atoms with Crippen LogP contribution in [0.5, 0.6) is 0 Å². The van der Waals surface area contributed by atoms with E-state index in [1.165, 1.54) is 109 Å². The Bertz CT molecular complexity index is 742. The Morgan fingerprint density at radius 2 is 1.56 bits per heavy atom. The van der Waals surface area contributed by atoms with E-state index in [-0.39, 0.29) is 12.4 Å². The normalized spacial score (nSPS) is 23.9. The molecule has 0 N–H and O–H groups in total. The Labute approximate surface area is 214 Å². The lowest BCUT2D eigenvalue weighted by Gasteiger charge is -2.41. The number of morpholine rings is 1. The maximum absolute atomic E-state index is 5.63. The lowest BCUT2D eigenvalue weighted by molar-refractivity contribution is 0.122. The number of nitrogens with zero attached hydrogens (tertiary/aromatic N) is 3. The molecule has 2 aliphatic heterocycles. The molecule has 1 aromatic carbocycles. The molecule has 2 heterocycles. The van der Waals surface area contributed by atoms with Gasteiger partial charge in [-0.05, 0) is 86.6 Å². The summed E-state index contributed by atoms with van der Waals surface area (Å²) in [6, 6.07) is 7.47. The monoisotopic (exact) mass is 489 g/mol. The molecule has 5 rings (SSSR count). The third kappa shape index (κ3) is 6.05. The van der Waals surface area contributed by atoms with E-state index in [0.717, 1.165) is 32.2 Å². The molecule has 2 saturated carbocycles. The summed E-state index contributed by atoms with van der Waals surface area (Å²) in [4.78, 5) is 7.96. The summed E-state index contributed by atoms with van der Waals surface area (Å²) < 4.78 is 5.63. The third-order valence-electron chi connectivity index (χ3n) is 9.33. The minimum atomic E-state index is 0. The van der Waals surface area contributed by atoms with Gasteiger partial charge in [0.25, 0.3) is 0 Å². The van der Waals surface area contributed by atoms with Crippen LogP contribution in [0.2, 0.25) is 0 Å². The molecular weight excluding hydrogens is 442 g/mol. The maximum Gasteiger partial charge on any atom is 0.0642 e. The number of hydrogen-bond donors (Lipinski definition) is 0. The van der Waals surface area contributed by atoms with Gasteiger partial charge in [0, 0.05) is 50.6 Å². The predicted octanol–water partition coefficient (Wildman–Crippen LogP) is 6.48. The molecule has 2 saturated heterocycles. The standard InChI is InChI=1S/C29H47N3O.ClH/c1-2-3-6-15-30-16-18-32(19-17-30)28-8-7-26(31-20-22-33-23-21-31)24-27(28)25-9-13-29(14-10-25)11-4-5-12-29;/h7-8,24-25H,2-6,9-23H2,1H3;1H. The zero-order chi connectivity index (χ0) is 22.5. The summed E-state index contributed by atoms with van der Waals surface area (Å²) in [7, 11) is 0. The van der Waals surface area contributed by atoms with E-state index in [4.69, 9.17) is 4.74 Å². The second kappa shape index (κ2) is 12.3. The van der Waals surface area contributed by atoms with Crippen molar-refractivity contribution >= 4 is 23.8 Å². The summed E-state index contributed by atoms with van der Waals surface area (Å²) in [5.41, 5.74) is 5.35. The zero-order valence-electron chi connectivity index (χ0n) is 21.6. The van der Waals surface area contributed by atoms with Crippen LogP contribution in [0.15, 0.2) is 18.2 Å². The molecule has 0 amide bonds. The van der Waals surface area contributed by atoms with Crippen LogP contribution in [0.4, 0.5) is 11.4 Å². The van der Waals surface area contributed by atoms with Crippen LogP contribution < -0.4 is 9.80 Å². The average Bonchev–Trinajstić information content (AvgIpc) is 3.33. The minimum absolute atomic E-state index is 0. The van der Waals surface area contributed by atoms with Gasteiger partial charge in [0.05, 0.1) is 13.2 Å². The highest BCUT2D eigenvalue weighted by Crippen LogP contribution is 2.53. The van der Waals surface area contributed by atoms with Gasteiger partial charge < -0.3 is 14.5 Å². The molecule has 34 heavy (non-hydrogen) atoms. The largest absolute Gasteiger partial charge is 0.378 e. The Balaban J connectivity index is 0.00000274. The topological polar surface area (TPSA) is 19.0 Å². The molecule has 0 atom stereocenters. The van der Waals surface area contributed by atoms with Gasteiger partial charge in [0.15, 0.2) is 0 Å². The van der Waals surface area contributed by atoms with Crippen LogP contribution in [0.1, 0.15) is 89.0 Å². The van der Waals surface area contributed by atoms with Crippen molar-refractivity contribution in [2.24, 2.45) is 5.41 Å². The summed E-state index contributed by atoms with van der Waals surface area (Å²) in [6.07, 6.45) is 15.7. The first kappa shape index (κ1) is 26.1. The van der Waals surface area contributed by atoms with Crippen molar-refractivity contribution in [1.82, 2.24) is 4.90 Å². The van der Waals surface area contributed by atoms with Crippen molar-refractivity contribution in [3.63, 3.8) is 0 Å². The molecule has 192 valence electrons. The molecule has 4 aliphatic rings. The van der Waals surface area contributed by atoms with Crippen LogP contribution in [-0.2, 0) is 4.74 Å². The Morgan fingerprint density at radius 3 is 2.24 bits per heavy atom. The van der Waals surface area contributed by atoms with Gasteiger partial charge in [0.1, 0.15) is 0 Å². The van der Waals surface area contributed by atoms with E-state index in [0.29, 0.717) is 5.41 Å². The second-order valence-electron chi connectivity index (χ2n) is 11.4. The van der Waals surface area contributed by atoms with Crippen molar-refractivity contribution in [1.29, 1.82) is 0 Å². The van der Waals surface area contributed by atoms with Crippen LogP contribution in [0.3, 0.4) is 0 Å². The molecule has 0 unspecified atom stereocenters. The third-order valence-corrected chi connectivity index (χ3v) is 9.33. The maximum atomic E-state index is 5.63. The number of piperazine rings is 1. The molecule has 2 aliphatic carbocycles. The fourth-order valence-corrected chi connectivity index (χ4v) is 7.14. The molecule has 5 heteroatoms. The van der Waals surface area contributed by atoms with Gasteiger partial charge in [-0.2, -0.15) is 0 Å². The van der Waals surface area contributed by atoms with Crippen molar-refractivity contribution in [2.75, 3.05) is 68.8 Å². The highest BCUT2D eigenvalue weighted by atomic mass is 35.5. The van der Waals surface area contributed by atoms with Crippen LogP contribution >= 0.6 is 12.4 Å². The Morgan fingerprint density at radius 1 is 0.853 bits per heavy atom. The van der Waals surface area contributed by atoms with E-state index >= 15 is 0 Å². The van der Waals surface area contributed by atoms with E-state index in [1.807, 2.05) is 0 Å². The quantitative estimate of drug-likeness (QED) is 0.408. The number of benzene rings is 1. The van der Waals surface area contributed by atoms with Gasteiger partial charge >= 0.3 is 0 Å². The molecule has 0 aromatic heterocycles. The fraction of sp³-hybridized carbons (Fsp3) is 0.793. The van der Waals surface area contributed by atoms with Gasteiger partial charge in [-0.3, -0.25) is 4.90 Å². The van der Waals surface area contributed by atoms with Gasteiger partial charge in [-0.1, -0.05) is 32.6 Å². The number of anilines is 2. The molecule has 4 nitrogen and oxygen atoms in total. The number of rotatable bonds is 7. The summed E-state index contributed by atoms with van der Waals surface area (Å²) in [5, 5.41) is 0. The first-order valence-corrected chi connectivity index (χ1v) is 14.2. The molecular formula is C29H48ClN3O. The number of halogens is 1. The van der Waals surface area contributed by atoms with Crippen molar-refractivity contribution in [2.45, 2.75) is 83.5 Å². The summed E-state index contributed by atoms with van der Waals surface area (Å²) in [5.74, 6) is 0.745. The van der Waals surface area contributed by atoms with Gasteiger partial charge in [0.2, 0.25) is 0 Å². The van der Waals surface area contributed by atoms with E-state index in [1.54, 1.807) is 11.3 Å². The van der Waals surface area contributed by atoms with Crippen molar-refractivity contribution in [3.8, 4) is 0 Å². The summed E-state index contributed by atoms with van der Waals surface area (Å²) in [6.45, 7) is 12.2. The lowest BCUT2D eigenvalue weighted by Crippen LogP contribution is -2.47. The second-order valence-corrected chi connectivity index (χ2v) is 11.4. The highest BCUT2D eigenvalue weighted by molar-refractivity contribution is 5.85. The molecule has 0 bridgehead atoms. The Kier molecular flexibility index (Phi) is 9.46. The van der Waals surface area contributed by atoms with Crippen molar-refractivity contribution in [3.05, 3.63) is 23.8 Å². The van der Waals surface area contributed by atoms with E-state index in [9.17, 15) is 0 Å². The SMILES string of the molecule is CCCCCN1CCN(c2ccc(N3CCOCC3)cc2C2CCC3(CCCC3)CC2)CC1.Cl. The fourth-order valence-electron chi connectivity index (χ4n) is 7.14. The van der Waals surface area contributed by atoms with Crippen molar-refractivity contribution < 1.29 is 4.74 Å². The van der Waals surface area contributed by atoms with Gasteiger partial charge in [-0.25, -0.2) is 0 Å². The molecule has 1 aromatic rings. The highest BCUT2D eigenvalue weighted by Gasteiger charge is 2.38. The molecule has 4 fully saturated rings. The van der Waals surface area contributed by atoms with Crippen LogP contribution in [0.25, 0.3) is 0 Å². The van der Waals surface area contributed by atoms with Gasteiger partial charge in [-0.15, -0.1) is 12.4 Å². The number of unbranched alkanes of at least 4 members (excludes halogenated alkanes) is 2. The molecule has 1 spiro atoms. The van der Waals surface area contributed by atoms with E-state index in [2.05, 4.69) is 39.8 Å². The van der Waals surface area contributed by atoms with Crippen LogP contribution in [-0.4, -0.2) is 63.9 Å². The lowest BCUT2D eigenvalue weighted by atomic mass is 9.68. The smallest absolute Gasteiger partial charge is 0.0642 e. The van der Waals surface area contributed by atoms with Crippen LogP contribution in [0, 0.1) is 5.41 Å². The van der Waals surface area contributed by atoms with E-state index < -0.39 is 0 Å². The number of ether oxygens (including phenoxy) is 1. The molecule has 0 radical (unpaired) electrons.